The van der Waals surface area contributed by atoms with Crippen molar-refractivity contribution in [3.8, 4) is 0 Å². The summed E-state index contributed by atoms with van der Waals surface area (Å²) in [5, 5.41) is 0. The summed E-state index contributed by atoms with van der Waals surface area (Å²) in [6.07, 6.45) is 5.80. The van der Waals surface area contributed by atoms with Crippen molar-refractivity contribution in [1.82, 2.24) is 4.90 Å². The van der Waals surface area contributed by atoms with Gasteiger partial charge in [-0.05, 0) is 45.6 Å². The average molecular weight is 255 g/mol. The van der Waals surface area contributed by atoms with E-state index in [0.717, 1.165) is 26.0 Å². The molecule has 1 saturated heterocycles. The maximum Gasteiger partial charge on any atom is 0.320 e. The Labute approximate surface area is 110 Å². The zero-order valence-electron chi connectivity index (χ0n) is 11.6. The van der Waals surface area contributed by atoms with Crippen LogP contribution in [0, 0.1) is 0 Å². The van der Waals surface area contributed by atoms with E-state index in [1.807, 2.05) is 6.92 Å². The number of nitrogens with zero attached hydrogens (tertiary/aromatic N) is 1. The number of hydrogen-bond acceptors (Lipinski definition) is 4. The summed E-state index contributed by atoms with van der Waals surface area (Å²) in [5.74, 6) is -0.103. The van der Waals surface area contributed by atoms with Crippen LogP contribution in [0.25, 0.3) is 0 Å². The molecule has 0 bridgehead atoms. The van der Waals surface area contributed by atoms with E-state index in [-0.39, 0.29) is 11.6 Å². The molecule has 0 aromatic rings. The van der Waals surface area contributed by atoms with Gasteiger partial charge in [0.05, 0.1) is 18.8 Å². The van der Waals surface area contributed by atoms with Gasteiger partial charge in [-0.1, -0.05) is 6.92 Å². The van der Waals surface area contributed by atoms with Crippen molar-refractivity contribution >= 4 is 5.97 Å². The summed E-state index contributed by atoms with van der Waals surface area (Å²) < 4.78 is 11.0. The first-order valence-corrected chi connectivity index (χ1v) is 7.23. The minimum absolute atomic E-state index is 0.103. The van der Waals surface area contributed by atoms with E-state index < -0.39 is 0 Å². The highest BCUT2D eigenvalue weighted by Crippen LogP contribution is 2.43. The highest BCUT2D eigenvalue weighted by Gasteiger charge is 2.43. The van der Waals surface area contributed by atoms with Gasteiger partial charge in [-0.3, -0.25) is 9.69 Å². The molecule has 1 heterocycles. The number of carbonyl (C=O) groups is 1. The predicted molar refractivity (Wildman–Crippen MR) is 69.4 cm³/mol. The molecule has 1 saturated carbocycles. The first kappa shape index (κ1) is 13.8. The molecule has 1 atom stereocenters. The van der Waals surface area contributed by atoms with Crippen LogP contribution in [0.2, 0.25) is 0 Å². The van der Waals surface area contributed by atoms with Crippen molar-refractivity contribution in [2.24, 2.45) is 0 Å². The summed E-state index contributed by atoms with van der Waals surface area (Å²) in [6.45, 7) is 6.59. The van der Waals surface area contributed by atoms with Gasteiger partial charge in [-0.2, -0.15) is 0 Å². The van der Waals surface area contributed by atoms with Gasteiger partial charge in [0.2, 0.25) is 0 Å². The van der Waals surface area contributed by atoms with Crippen molar-refractivity contribution in [1.29, 1.82) is 0 Å². The minimum Gasteiger partial charge on any atom is -0.465 e. The molecule has 0 aromatic carbocycles. The first-order chi connectivity index (χ1) is 8.69. The molecular formula is C14H25NO3. The molecule has 0 aromatic heterocycles. The monoisotopic (exact) mass is 255 g/mol. The van der Waals surface area contributed by atoms with Gasteiger partial charge >= 0.3 is 5.97 Å². The normalized spacial score (nSPS) is 26.1. The molecule has 1 unspecified atom stereocenters. The second-order valence-corrected chi connectivity index (χ2v) is 5.40. The Morgan fingerprint density at radius 2 is 2.22 bits per heavy atom. The summed E-state index contributed by atoms with van der Waals surface area (Å²) in [7, 11) is 0. The van der Waals surface area contributed by atoms with Crippen LogP contribution in [-0.2, 0) is 14.3 Å². The van der Waals surface area contributed by atoms with Crippen molar-refractivity contribution < 1.29 is 14.3 Å². The Balaban J connectivity index is 1.88. The fourth-order valence-electron chi connectivity index (χ4n) is 3.10. The Kier molecular flexibility index (Phi) is 4.62. The van der Waals surface area contributed by atoms with Crippen LogP contribution in [0.1, 0.15) is 46.0 Å². The lowest BCUT2D eigenvalue weighted by Gasteiger charge is -2.49. The van der Waals surface area contributed by atoms with Crippen LogP contribution in [0.5, 0.6) is 0 Å². The first-order valence-electron chi connectivity index (χ1n) is 7.23. The molecule has 4 heteroatoms. The largest absolute Gasteiger partial charge is 0.465 e. The lowest BCUT2D eigenvalue weighted by atomic mass is 9.73. The molecule has 1 aliphatic carbocycles. The van der Waals surface area contributed by atoms with Crippen LogP contribution in [0.15, 0.2) is 0 Å². The molecule has 104 valence electrons. The van der Waals surface area contributed by atoms with E-state index in [9.17, 15) is 4.79 Å². The highest BCUT2D eigenvalue weighted by atomic mass is 16.5. The number of esters is 1. The smallest absolute Gasteiger partial charge is 0.320 e. The Morgan fingerprint density at radius 3 is 2.78 bits per heavy atom. The maximum atomic E-state index is 11.6. The zero-order valence-corrected chi connectivity index (χ0v) is 11.6. The van der Waals surface area contributed by atoms with Crippen LogP contribution in [-0.4, -0.2) is 48.8 Å². The molecule has 1 spiro atoms. The summed E-state index contributed by atoms with van der Waals surface area (Å²) in [4.78, 5) is 13.9. The van der Waals surface area contributed by atoms with Crippen molar-refractivity contribution in [3.63, 3.8) is 0 Å². The van der Waals surface area contributed by atoms with Gasteiger partial charge in [0.1, 0.15) is 0 Å². The lowest BCUT2D eigenvalue weighted by molar-refractivity contribution is -0.157. The summed E-state index contributed by atoms with van der Waals surface area (Å²) in [6, 6.07) is 0.480. The van der Waals surface area contributed by atoms with Crippen LogP contribution >= 0.6 is 0 Å². The molecule has 2 fully saturated rings. The quantitative estimate of drug-likeness (QED) is 0.704. The lowest BCUT2D eigenvalue weighted by Crippen LogP contribution is -2.53. The molecule has 18 heavy (non-hydrogen) atoms. The predicted octanol–water partition coefficient (Wildman–Crippen LogP) is 1.97. The van der Waals surface area contributed by atoms with E-state index in [0.29, 0.717) is 19.2 Å². The number of ether oxygens (including phenoxy) is 2. The summed E-state index contributed by atoms with van der Waals surface area (Å²) >= 11 is 0. The van der Waals surface area contributed by atoms with Crippen LogP contribution in [0.4, 0.5) is 0 Å². The molecule has 4 nitrogen and oxygen atoms in total. The maximum absolute atomic E-state index is 11.6. The fourth-order valence-corrected chi connectivity index (χ4v) is 3.10. The third-order valence-electron chi connectivity index (χ3n) is 4.29. The molecular weight excluding hydrogens is 230 g/mol. The van der Waals surface area contributed by atoms with Gasteiger partial charge in [-0.15, -0.1) is 0 Å². The van der Waals surface area contributed by atoms with Gasteiger partial charge in [0.15, 0.2) is 0 Å². The topological polar surface area (TPSA) is 38.8 Å². The number of likely N-dealkylation sites (N-methyl/N-ethyl adjacent to an activating group) is 1. The Morgan fingerprint density at radius 1 is 1.44 bits per heavy atom. The van der Waals surface area contributed by atoms with Gasteiger partial charge < -0.3 is 9.47 Å². The van der Waals surface area contributed by atoms with E-state index in [2.05, 4.69) is 11.8 Å². The van der Waals surface area contributed by atoms with Crippen molar-refractivity contribution in [3.05, 3.63) is 0 Å². The Bertz CT molecular complexity index is 289. The average Bonchev–Trinajstić information content (AvgIpc) is 2.34. The zero-order chi connectivity index (χ0) is 13.0. The molecule has 0 amide bonds. The fraction of sp³-hybridized carbons (Fsp3) is 0.929. The van der Waals surface area contributed by atoms with Crippen LogP contribution < -0.4 is 0 Å². The third kappa shape index (κ3) is 3.04. The van der Waals surface area contributed by atoms with E-state index in [1.54, 1.807) is 0 Å². The van der Waals surface area contributed by atoms with Crippen molar-refractivity contribution in [2.75, 3.05) is 26.3 Å². The van der Waals surface area contributed by atoms with Gasteiger partial charge in [-0.25, -0.2) is 0 Å². The Hall–Kier alpha value is -0.610. The second-order valence-electron chi connectivity index (χ2n) is 5.40. The molecule has 2 aliphatic rings. The van der Waals surface area contributed by atoms with E-state index in [1.165, 1.54) is 19.3 Å². The summed E-state index contributed by atoms with van der Waals surface area (Å²) in [5.41, 5.74) is 0.144. The highest BCUT2D eigenvalue weighted by molar-refractivity contribution is 5.71. The molecule has 0 N–H and O–H groups in total. The molecule has 2 rings (SSSR count). The SMILES string of the molecule is CCOC(=O)CN(CC)C1CCOC2(CCC2)C1. The number of rotatable bonds is 5. The molecule has 1 aliphatic heterocycles. The standard InChI is InChI=1S/C14H25NO3/c1-3-15(11-13(16)17-4-2)12-6-9-18-14(10-12)7-5-8-14/h12H,3-11H2,1-2H3. The third-order valence-corrected chi connectivity index (χ3v) is 4.29. The molecule has 0 radical (unpaired) electrons. The van der Waals surface area contributed by atoms with Gasteiger partial charge in [0.25, 0.3) is 0 Å². The van der Waals surface area contributed by atoms with Crippen LogP contribution in [0.3, 0.4) is 0 Å². The number of hydrogen-bond donors (Lipinski definition) is 0. The van der Waals surface area contributed by atoms with E-state index in [4.69, 9.17) is 9.47 Å². The van der Waals surface area contributed by atoms with Crippen molar-refractivity contribution in [2.45, 2.75) is 57.6 Å². The van der Waals surface area contributed by atoms with Gasteiger partial charge in [0, 0.05) is 12.6 Å². The minimum atomic E-state index is -0.103. The van der Waals surface area contributed by atoms with E-state index >= 15 is 0 Å². The number of carbonyl (C=O) groups excluding carboxylic acids is 1. The second kappa shape index (κ2) is 6.02.